The molecule has 0 amide bonds. The van der Waals surface area contributed by atoms with E-state index in [0.717, 1.165) is 0 Å². The molecule has 21 heavy (non-hydrogen) atoms. The van der Waals surface area contributed by atoms with Gasteiger partial charge >= 0.3 is 0 Å². The maximum Gasteiger partial charge on any atom is 0.241 e. The number of benzene rings is 1. The van der Waals surface area contributed by atoms with E-state index in [1.807, 2.05) is 13.8 Å². The Morgan fingerprint density at radius 1 is 1.24 bits per heavy atom. The minimum absolute atomic E-state index is 0.246. The molecule has 1 atom stereocenters. The number of aromatic nitrogens is 1. The van der Waals surface area contributed by atoms with Gasteiger partial charge in [-0.2, -0.15) is 0 Å². The summed E-state index contributed by atoms with van der Waals surface area (Å²) in [4.78, 5) is 4.43. The molecule has 0 saturated carbocycles. The molecule has 2 rings (SSSR count). The van der Waals surface area contributed by atoms with Crippen LogP contribution in [0.25, 0.3) is 10.9 Å². The van der Waals surface area contributed by atoms with Crippen molar-refractivity contribution in [3.05, 3.63) is 36.5 Å². The van der Waals surface area contributed by atoms with Crippen molar-refractivity contribution in [1.82, 2.24) is 9.71 Å². The maximum absolute atomic E-state index is 12.6. The minimum Gasteiger partial charge on any atom is -0.329 e. The third-order valence-corrected chi connectivity index (χ3v) is 4.84. The molecule has 1 aromatic heterocycles. The zero-order valence-corrected chi connectivity index (χ0v) is 13.1. The van der Waals surface area contributed by atoms with Gasteiger partial charge in [0.15, 0.2) is 0 Å². The van der Waals surface area contributed by atoms with Gasteiger partial charge in [0.1, 0.15) is 0 Å². The fraction of sp³-hybridized carbons (Fsp3) is 0.400. The lowest BCUT2D eigenvalue weighted by atomic mass is 10.1. The molecule has 114 valence electrons. The molecule has 0 fully saturated rings. The van der Waals surface area contributed by atoms with Crippen molar-refractivity contribution in [3.63, 3.8) is 0 Å². The van der Waals surface area contributed by atoms with Crippen LogP contribution in [0, 0.1) is 5.92 Å². The quantitative estimate of drug-likeness (QED) is 0.853. The number of rotatable bonds is 6. The van der Waals surface area contributed by atoms with E-state index in [1.165, 1.54) is 0 Å². The molecular weight excluding hydrogens is 286 g/mol. The zero-order chi connectivity index (χ0) is 15.5. The topological polar surface area (TPSA) is 85.1 Å². The van der Waals surface area contributed by atoms with Crippen LogP contribution < -0.4 is 10.5 Å². The number of nitrogens with two attached hydrogens (primary N) is 1. The first kappa shape index (κ1) is 15.9. The molecule has 1 aromatic carbocycles. The molecular formula is C15H21N3O2S. The Kier molecular flexibility index (Phi) is 4.92. The summed E-state index contributed by atoms with van der Waals surface area (Å²) in [6, 6.07) is 8.32. The summed E-state index contributed by atoms with van der Waals surface area (Å²) < 4.78 is 27.9. The van der Waals surface area contributed by atoms with Gasteiger partial charge in [-0.1, -0.05) is 19.9 Å². The Labute approximate surface area is 125 Å². The lowest BCUT2D eigenvalue weighted by Gasteiger charge is -2.19. The molecule has 6 heteroatoms. The molecule has 5 nitrogen and oxygen atoms in total. The van der Waals surface area contributed by atoms with E-state index >= 15 is 0 Å². The summed E-state index contributed by atoms with van der Waals surface area (Å²) in [7, 11) is -3.61. The smallest absolute Gasteiger partial charge is 0.241 e. The summed E-state index contributed by atoms with van der Waals surface area (Å²) in [5, 5.41) is 0.618. The fourth-order valence-electron chi connectivity index (χ4n) is 2.35. The first-order valence-corrected chi connectivity index (χ1v) is 8.48. The minimum atomic E-state index is -3.61. The van der Waals surface area contributed by atoms with Gasteiger partial charge in [-0.3, -0.25) is 4.98 Å². The maximum atomic E-state index is 12.6. The number of sulfonamides is 1. The largest absolute Gasteiger partial charge is 0.329 e. The molecule has 3 N–H and O–H groups in total. The van der Waals surface area contributed by atoms with Crippen LogP contribution in [-0.2, 0) is 10.0 Å². The van der Waals surface area contributed by atoms with Crippen LogP contribution in [0.2, 0.25) is 0 Å². The molecule has 0 radical (unpaired) electrons. The average Bonchev–Trinajstić information content (AvgIpc) is 2.45. The summed E-state index contributed by atoms with van der Waals surface area (Å²) in [5.74, 6) is 0.371. The number of hydrogen-bond donors (Lipinski definition) is 2. The van der Waals surface area contributed by atoms with E-state index in [1.54, 1.807) is 36.5 Å². The first-order chi connectivity index (χ1) is 9.94. The van der Waals surface area contributed by atoms with Crippen molar-refractivity contribution in [2.75, 3.05) is 6.54 Å². The molecule has 1 heterocycles. The van der Waals surface area contributed by atoms with Gasteiger partial charge in [0.2, 0.25) is 10.0 Å². The highest BCUT2D eigenvalue weighted by Gasteiger charge is 2.22. The first-order valence-electron chi connectivity index (χ1n) is 7.00. The van der Waals surface area contributed by atoms with E-state index in [9.17, 15) is 8.42 Å². The SMILES string of the molecule is CC(C)C[C@@H](CN)NS(=O)(=O)c1cccc2ncccc12. The van der Waals surface area contributed by atoms with Crippen LogP contribution in [-0.4, -0.2) is 26.0 Å². The van der Waals surface area contributed by atoms with E-state index in [-0.39, 0.29) is 17.5 Å². The van der Waals surface area contributed by atoms with Crippen molar-refractivity contribution in [3.8, 4) is 0 Å². The van der Waals surface area contributed by atoms with Crippen LogP contribution in [0.4, 0.5) is 0 Å². The average molecular weight is 307 g/mol. The van der Waals surface area contributed by atoms with Crippen molar-refractivity contribution in [1.29, 1.82) is 0 Å². The normalized spacial score (nSPS) is 13.7. The fourth-order valence-corrected chi connectivity index (χ4v) is 3.83. The van der Waals surface area contributed by atoms with Gasteiger partial charge in [0.05, 0.1) is 10.4 Å². The van der Waals surface area contributed by atoms with E-state index in [2.05, 4.69) is 9.71 Å². The number of fused-ring (bicyclic) bond motifs is 1. The lowest BCUT2D eigenvalue weighted by Crippen LogP contribution is -2.41. The highest BCUT2D eigenvalue weighted by molar-refractivity contribution is 7.89. The third-order valence-electron chi connectivity index (χ3n) is 3.26. The van der Waals surface area contributed by atoms with E-state index < -0.39 is 10.0 Å². The van der Waals surface area contributed by atoms with Crippen molar-refractivity contribution in [2.45, 2.75) is 31.2 Å². The molecule has 0 saturated heterocycles. The van der Waals surface area contributed by atoms with Crippen LogP contribution >= 0.6 is 0 Å². The predicted octanol–water partition coefficient (Wildman–Crippen LogP) is 1.89. The number of pyridine rings is 1. The van der Waals surface area contributed by atoms with Crippen LogP contribution in [0.15, 0.2) is 41.4 Å². The Morgan fingerprint density at radius 3 is 2.67 bits per heavy atom. The number of hydrogen-bond acceptors (Lipinski definition) is 4. The van der Waals surface area contributed by atoms with Crippen molar-refractivity contribution < 1.29 is 8.42 Å². The van der Waals surface area contributed by atoms with Gasteiger partial charge in [-0.15, -0.1) is 0 Å². The van der Waals surface area contributed by atoms with Gasteiger partial charge < -0.3 is 5.73 Å². The zero-order valence-electron chi connectivity index (χ0n) is 12.3. The van der Waals surface area contributed by atoms with E-state index in [4.69, 9.17) is 5.73 Å². The standard InChI is InChI=1S/C15H21N3O2S/c1-11(2)9-12(10-16)18-21(19,20)15-7-3-6-14-13(15)5-4-8-17-14/h3-8,11-12,18H,9-10,16H2,1-2H3/t12-/m0/s1. The summed E-state index contributed by atoms with van der Waals surface area (Å²) >= 11 is 0. The van der Waals surface area contributed by atoms with Gasteiger partial charge in [0.25, 0.3) is 0 Å². The Bertz CT molecular complexity index is 708. The molecule has 2 aromatic rings. The predicted molar refractivity (Wildman–Crippen MR) is 84.4 cm³/mol. The van der Waals surface area contributed by atoms with Crippen LogP contribution in [0.5, 0.6) is 0 Å². The molecule has 0 aliphatic rings. The molecule has 0 spiro atoms. The molecule has 0 bridgehead atoms. The monoisotopic (exact) mass is 307 g/mol. The summed E-state index contributed by atoms with van der Waals surface area (Å²) in [6.07, 6.45) is 2.35. The number of nitrogens with zero attached hydrogens (tertiary/aromatic N) is 1. The van der Waals surface area contributed by atoms with Gasteiger partial charge in [-0.25, -0.2) is 13.1 Å². The second kappa shape index (κ2) is 6.51. The molecule has 0 unspecified atom stereocenters. The van der Waals surface area contributed by atoms with Crippen molar-refractivity contribution in [2.24, 2.45) is 11.7 Å². The summed E-state index contributed by atoms with van der Waals surface area (Å²) in [6.45, 7) is 4.36. The number of nitrogens with one attached hydrogen (secondary N) is 1. The highest BCUT2D eigenvalue weighted by Crippen LogP contribution is 2.21. The Morgan fingerprint density at radius 2 is 2.00 bits per heavy atom. The van der Waals surface area contributed by atoms with E-state index in [0.29, 0.717) is 23.2 Å². The Hall–Kier alpha value is -1.50. The van der Waals surface area contributed by atoms with Crippen molar-refractivity contribution >= 4 is 20.9 Å². The van der Waals surface area contributed by atoms with Crippen LogP contribution in [0.1, 0.15) is 20.3 Å². The molecule has 0 aliphatic heterocycles. The second-order valence-electron chi connectivity index (χ2n) is 5.51. The lowest BCUT2D eigenvalue weighted by molar-refractivity contribution is 0.465. The summed E-state index contributed by atoms with van der Waals surface area (Å²) in [5.41, 5.74) is 6.34. The molecule has 0 aliphatic carbocycles. The van der Waals surface area contributed by atoms with Gasteiger partial charge in [0, 0.05) is 24.2 Å². The van der Waals surface area contributed by atoms with Crippen LogP contribution in [0.3, 0.4) is 0 Å². The Balaban J connectivity index is 2.38. The highest BCUT2D eigenvalue weighted by atomic mass is 32.2. The second-order valence-corrected chi connectivity index (χ2v) is 7.19. The third kappa shape index (κ3) is 3.78. The van der Waals surface area contributed by atoms with Gasteiger partial charge in [-0.05, 0) is 36.6 Å².